The summed E-state index contributed by atoms with van der Waals surface area (Å²) in [5, 5.41) is 1.57. The van der Waals surface area contributed by atoms with E-state index in [1.807, 2.05) is 30.3 Å². The SMILES string of the molecule is NCc1cc(Sc2cc(F)ccc2F)nc2ccccc12. The molecule has 0 saturated carbocycles. The van der Waals surface area contributed by atoms with Gasteiger partial charge in [0.15, 0.2) is 0 Å². The summed E-state index contributed by atoms with van der Waals surface area (Å²) in [5.41, 5.74) is 7.48. The molecule has 0 unspecified atom stereocenters. The third-order valence-corrected chi connectivity index (χ3v) is 4.06. The summed E-state index contributed by atoms with van der Waals surface area (Å²) >= 11 is 1.09. The minimum Gasteiger partial charge on any atom is -0.326 e. The van der Waals surface area contributed by atoms with Gasteiger partial charge in [-0.2, -0.15) is 0 Å². The van der Waals surface area contributed by atoms with E-state index in [1.54, 1.807) is 0 Å². The summed E-state index contributed by atoms with van der Waals surface area (Å²) in [6.07, 6.45) is 0. The van der Waals surface area contributed by atoms with Gasteiger partial charge in [0.1, 0.15) is 16.7 Å². The maximum Gasteiger partial charge on any atom is 0.137 e. The van der Waals surface area contributed by atoms with Crippen LogP contribution in [0.3, 0.4) is 0 Å². The number of halogens is 2. The van der Waals surface area contributed by atoms with E-state index in [0.717, 1.165) is 40.4 Å². The Morgan fingerprint density at radius 3 is 2.67 bits per heavy atom. The maximum atomic E-state index is 13.7. The van der Waals surface area contributed by atoms with Crippen molar-refractivity contribution < 1.29 is 8.78 Å². The van der Waals surface area contributed by atoms with Crippen LogP contribution in [0.2, 0.25) is 0 Å². The fourth-order valence-electron chi connectivity index (χ4n) is 2.11. The molecule has 1 heterocycles. The molecular weight excluding hydrogens is 290 g/mol. The highest BCUT2D eigenvalue weighted by atomic mass is 32.2. The van der Waals surface area contributed by atoms with E-state index >= 15 is 0 Å². The van der Waals surface area contributed by atoms with Gasteiger partial charge in [0.25, 0.3) is 0 Å². The number of pyridine rings is 1. The molecule has 106 valence electrons. The largest absolute Gasteiger partial charge is 0.326 e. The van der Waals surface area contributed by atoms with Gasteiger partial charge in [0.2, 0.25) is 0 Å². The van der Waals surface area contributed by atoms with Crippen molar-refractivity contribution in [3.8, 4) is 0 Å². The first-order valence-corrected chi connectivity index (χ1v) is 7.20. The van der Waals surface area contributed by atoms with Crippen LogP contribution in [0.1, 0.15) is 5.56 Å². The van der Waals surface area contributed by atoms with E-state index in [9.17, 15) is 8.78 Å². The van der Waals surface area contributed by atoms with Gasteiger partial charge in [-0.3, -0.25) is 0 Å². The molecule has 0 aliphatic heterocycles. The molecule has 3 aromatic rings. The van der Waals surface area contributed by atoms with E-state index in [1.165, 1.54) is 6.07 Å². The molecule has 0 spiro atoms. The zero-order valence-corrected chi connectivity index (χ0v) is 11.8. The van der Waals surface area contributed by atoms with E-state index < -0.39 is 11.6 Å². The van der Waals surface area contributed by atoms with Gasteiger partial charge in [0, 0.05) is 11.9 Å². The van der Waals surface area contributed by atoms with Gasteiger partial charge in [-0.05, 0) is 35.9 Å². The van der Waals surface area contributed by atoms with Crippen LogP contribution >= 0.6 is 11.8 Å². The lowest BCUT2D eigenvalue weighted by Gasteiger charge is -2.08. The highest BCUT2D eigenvalue weighted by Gasteiger charge is 2.10. The number of fused-ring (bicyclic) bond motifs is 1. The second-order valence-electron chi connectivity index (χ2n) is 4.52. The molecule has 0 bridgehead atoms. The van der Waals surface area contributed by atoms with Crippen LogP contribution in [0, 0.1) is 11.6 Å². The van der Waals surface area contributed by atoms with Crippen LogP contribution in [-0.2, 0) is 6.54 Å². The molecule has 0 aliphatic carbocycles. The molecule has 3 rings (SSSR count). The second kappa shape index (κ2) is 5.79. The standard InChI is InChI=1S/C16H12F2N2S/c17-11-5-6-13(18)15(8-11)21-16-7-10(9-19)12-3-1-2-4-14(12)20-16/h1-8H,9,19H2. The topological polar surface area (TPSA) is 38.9 Å². The Morgan fingerprint density at radius 1 is 1.05 bits per heavy atom. The first kappa shape index (κ1) is 14.0. The fourth-order valence-corrected chi connectivity index (χ4v) is 3.02. The molecule has 0 fully saturated rings. The van der Waals surface area contributed by atoms with Crippen LogP contribution in [-0.4, -0.2) is 4.98 Å². The molecule has 2 nitrogen and oxygen atoms in total. The summed E-state index contributed by atoms with van der Waals surface area (Å²) in [6.45, 7) is 0.363. The van der Waals surface area contributed by atoms with E-state index in [-0.39, 0.29) is 4.90 Å². The minimum atomic E-state index is -0.473. The van der Waals surface area contributed by atoms with E-state index in [4.69, 9.17) is 5.73 Å². The fraction of sp³-hybridized carbons (Fsp3) is 0.0625. The smallest absolute Gasteiger partial charge is 0.137 e. The first-order valence-electron chi connectivity index (χ1n) is 6.39. The van der Waals surface area contributed by atoms with Crippen molar-refractivity contribution in [3.63, 3.8) is 0 Å². The number of benzene rings is 2. The Hall–Kier alpha value is -1.98. The Balaban J connectivity index is 2.06. The van der Waals surface area contributed by atoms with Crippen molar-refractivity contribution >= 4 is 22.7 Å². The van der Waals surface area contributed by atoms with Crippen LogP contribution < -0.4 is 5.73 Å². The lowest BCUT2D eigenvalue weighted by atomic mass is 10.1. The van der Waals surface area contributed by atoms with Crippen molar-refractivity contribution in [1.29, 1.82) is 0 Å². The Labute approximate surface area is 125 Å². The number of hydrogen-bond acceptors (Lipinski definition) is 3. The predicted octanol–water partition coefficient (Wildman–Crippen LogP) is 4.12. The quantitative estimate of drug-likeness (QED) is 0.791. The number of hydrogen-bond donors (Lipinski definition) is 1. The van der Waals surface area contributed by atoms with Crippen molar-refractivity contribution in [2.45, 2.75) is 16.5 Å². The van der Waals surface area contributed by atoms with Gasteiger partial charge in [0.05, 0.1) is 10.4 Å². The minimum absolute atomic E-state index is 0.209. The van der Waals surface area contributed by atoms with E-state index in [2.05, 4.69) is 4.98 Å². The lowest BCUT2D eigenvalue weighted by Crippen LogP contribution is -1.99. The molecule has 5 heteroatoms. The monoisotopic (exact) mass is 302 g/mol. The third kappa shape index (κ3) is 2.89. The van der Waals surface area contributed by atoms with Crippen LogP contribution in [0.25, 0.3) is 10.9 Å². The summed E-state index contributed by atoms with van der Waals surface area (Å²) in [7, 11) is 0. The Kier molecular flexibility index (Phi) is 3.86. The zero-order valence-electron chi connectivity index (χ0n) is 11.0. The molecule has 0 amide bonds. The van der Waals surface area contributed by atoms with Crippen LogP contribution in [0.4, 0.5) is 8.78 Å². The predicted molar refractivity (Wildman–Crippen MR) is 80.1 cm³/mol. The van der Waals surface area contributed by atoms with Gasteiger partial charge < -0.3 is 5.73 Å². The van der Waals surface area contributed by atoms with Gasteiger partial charge in [-0.1, -0.05) is 30.0 Å². The average Bonchev–Trinajstić information content (AvgIpc) is 2.50. The van der Waals surface area contributed by atoms with Gasteiger partial charge >= 0.3 is 0 Å². The molecule has 2 aromatic carbocycles. The summed E-state index contributed by atoms with van der Waals surface area (Å²) in [5.74, 6) is -0.940. The first-order chi connectivity index (χ1) is 10.2. The van der Waals surface area contributed by atoms with E-state index in [0.29, 0.717) is 11.6 Å². The number of nitrogens with two attached hydrogens (primary N) is 1. The Morgan fingerprint density at radius 2 is 1.86 bits per heavy atom. The van der Waals surface area contributed by atoms with Crippen LogP contribution in [0.5, 0.6) is 0 Å². The van der Waals surface area contributed by atoms with Crippen LogP contribution in [0.15, 0.2) is 58.5 Å². The molecule has 2 N–H and O–H groups in total. The molecular formula is C16H12F2N2S. The van der Waals surface area contributed by atoms with Crippen molar-refractivity contribution in [1.82, 2.24) is 4.98 Å². The molecule has 0 saturated heterocycles. The average molecular weight is 302 g/mol. The Bertz CT molecular complexity index is 805. The number of rotatable bonds is 3. The second-order valence-corrected chi connectivity index (χ2v) is 5.58. The number of aromatic nitrogens is 1. The van der Waals surface area contributed by atoms with Gasteiger partial charge in [-0.25, -0.2) is 13.8 Å². The molecule has 1 aromatic heterocycles. The molecule has 21 heavy (non-hydrogen) atoms. The molecule has 0 atom stereocenters. The molecule has 0 aliphatic rings. The lowest BCUT2D eigenvalue weighted by molar-refractivity contribution is 0.577. The van der Waals surface area contributed by atoms with Gasteiger partial charge in [-0.15, -0.1) is 0 Å². The third-order valence-electron chi connectivity index (χ3n) is 3.11. The highest BCUT2D eigenvalue weighted by molar-refractivity contribution is 7.99. The summed E-state index contributed by atoms with van der Waals surface area (Å²) in [6, 6.07) is 12.8. The van der Waals surface area contributed by atoms with Crippen molar-refractivity contribution in [2.75, 3.05) is 0 Å². The normalized spacial score (nSPS) is 11.0. The maximum absolute atomic E-state index is 13.7. The highest BCUT2D eigenvalue weighted by Crippen LogP contribution is 2.31. The van der Waals surface area contributed by atoms with Crippen molar-refractivity contribution in [2.24, 2.45) is 5.73 Å². The number of para-hydroxylation sites is 1. The number of nitrogens with zero attached hydrogens (tertiary/aromatic N) is 1. The summed E-state index contributed by atoms with van der Waals surface area (Å²) in [4.78, 5) is 4.68. The summed E-state index contributed by atoms with van der Waals surface area (Å²) < 4.78 is 26.9. The molecule has 0 radical (unpaired) electrons. The zero-order chi connectivity index (χ0) is 14.8. The van der Waals surface area contributed by atoms with Crippen molar-refractivity contribution in [3.05, 3.63) is 65.7 Å².